The van der Waals surface area contributed by atoms with Crippen LogP contribution >= 0.6 is 0 Å². The smallest absolute Gasteiger partial charge is 0.306 e. The second-order valence-electron chi connectivity index (χ2n) is 7.55. The van der Waals surface area contributed by atoms with Crippen LogP contribution in [-0.2, 0) is 25.7 Å². The van der Waals surface area contributed by atoms with Crippen LogP contribution in [0.4, 0.5) is 0 Å². The Morgan fingerprint density at radius 2 is 1.22 bits per heavy atom. The lowest BCUT2D eigenvalue weighted by Gasteiger charge is -2.07. The van der Waals surface area contributed by atoms with Crippen molar-refractivity contribution in [3.05, 3.63) is 35.9 Å². The fraction of sp³-hybridized carbons (Fsp3) is 0.652. The highest BCUT2D eigenvalue weighted by atomic mass is 16.5. The maximum atomic E-state index is 11.7. The van der Waals surface area contributed by atoms with Crippen LogP contribution in [0.2, 0.25) is 0 Å². The van der Waals surface area contributed by atoms with Gasteiger partial charge < -0.3 is 9.47 Å². The number of hydrogen-bond donors (Lipinski definition) is 0. The zero-order valence-electron chi connectivity index (χ0n) is 17.1. The van der Waals surface area contributed by atoms with Crippen LogP contribution in [0, 0.1) is 5.92 Å². The van der Waals surface area contributed by atoms with E-state index in [0.29, 0.717) is 32.0 Å². The molecule has 0 aromatic heterocycles. The van der Waals surface area contributed by atoms with Crippen molar-refractivity contribution in [1.82, 2.24) is 0 Å². The van der Waals surface area contributed by atoms with Gasteiger partial charge in [-0.3, -0.25) is 9.59 Å². The summed E-state index contributed by atoms with van der Waals surface area (Å²) in [4.78, 5) is 23.2. The molecule has 0 radical (unpaired) electrons. The van der Waals surface area contributed by atoms with E-state index in [0.717, 1.165) is 44.1 Å². The van der Waals surface area contributed by atoms with Gasteiger partial charge in [0.25, 0.3) is 0 Å². The molecular weight excluding hydrogens is 340 g/mol. The Bertz CT molecular complexity index is 510. The lowest BCUT2D eigenvalue weighted by Crippen LogP contribution is -2.09. The summed E-state index contributed by atoms with van der Waals surface area (Å²) >= 11 is 0. The van der Waals surface area contributed by atoms with Crippen molar-refractivity contribution < 1.29 is 19.1 Å². The van der Waals surface area contributed by atoms with Crippen molar-refractivity contribution in [2.75, 3.05) is 6.61 Å². The lowest BCUT2D eigenvalue weighted by atomic mass is 10.1. The van der Waals surface area contributed by atoms with Crippen molar-refractivity contribution >= 4 is 11.9 Å². The first kappa shape index (κ1) is 23.2. The third-order valence-electron chi connectivity index (χ3n) is 4.33. The molecule has 0 N–H and O–H groups in total. The fourth-order valence-electron chi connectivity index (χ4n) is 2.74. The first-order valence-corrected chi connectivity index (χ1v) is 10.4. The molecule has 0 saturated carbocycles. The van der Waals surface area contributed by atoms with Crippen LogP contribution in [-0.4, -0.2) is 18.5 Å². The number of esters is 2. The van der Waals surface area contributed by atoms with Gasteiger partial charge in [0.15, 0.2) is 0 Å². The van der Waals surface area contributed by atoms with Crippen LogP contribution in [0.25, 0.3) is 0 Å². The molecule has 0 fully saturated rings. The molecule has 4 heteroatoms. The average Bonchev–Trinajstić information content (AvgIpc) is 2.67. The Kier molecular flexibility index (Phi) is 13.1. The van der Waals surface area contributed by atoms with Crippen LogP contribution < -0.4 is 0 Å². The van der Waals surface area contributed by atoms with Gasteiger partial charge >= 0.3 is 11.9 Å². The van der Waals surface area contributed by atoms with Gasteiger partial charge in [0.1, 0.15) is 6.61 Å². The highest BCUT2D eigenvalue weighted by molar-refractivity contribution is 5.69. The summed E-state index contributed by atoms with van der Waals surface area (Å²) in [5.41, 5.74) is 1.03. The van der Waals surface area contributed by atoms with Crippen molar-refractivity contribution in [3.8, 4) is 0 Å². The van der Waals surface area contributed by atoms with Crippen LogP contribution in [0.1, 0.15) is 83.6 Å². The Hall–Kier alpha value is -1.84. The van der Waals surface area contributed by atoms with Crippen LogP contribution in [0.15, 0.2) is 30.3 Å². The molecule has 4 nitrogen and oxygen atoms in total. The highest BCUT2D eigenvalue weighted by Gasteiger charge is 2.05. The summed E-state index contributed by atoms with van der Waals surface area (Å²) in [6, 6.07) is 9.76. The number of carbonyl (C=O) groups is 2. The highest BCUT2D eigenvalue weighted by Crippen LogP contribution is 2.12. The molecule has 0 aliphatic carbocycles. The molecular formula is C23H36O4. The molecule has 27 heavy (non-hydrogen) atoms. The van der Waals surface area contributed by atoms with Crippen LogP contribution in [0.3, 0.4) is 0 Å². The number of unbranched alkanes of at least 4 members (excludes halogenated alkanes) is 7. The first-order valence-electron chi connectivity index (χ1n) is 10.4. The maximum Gasteiger partial charge on any atom is 0.306 e. The van der Waals surface area contributed by atoms with Gasteiger partial charge in [-0.25, -0.2) is 0 Å². The minimum atomic E-state index is -0.108. The molecule has 1 aromatic rings. The quantitative estimate of drug-likeness (QED) is 0.285. The molecule has 0 spiro atoms. The second kappa shape index (κ2) is 15.2. The summed E-state index contributed by atoms with van der Waals surface area (Å²) in [5, 5.41) is 0. The largest absolute Gasteiger partial charge is 0.465 e. The van der Waals surface area contributed by atoms with Gasteiger partial charge in [0, 0.05) is 12.8 Å². The Morgan fingerprint density at radius 3 is 1.74 bits per heavy atom. The SMILES string of the molecule is CC(C)COC(=O)CCCCCCCCCCC(=O)OCc1ccccc1. The van der Waals surface area contributed by atoms with Crippen molar-refractivity contribution in [2.24, 2.45) is 5.92 Å². The van der Waals surface area contributed by atoms with Crippen LogP contribution in [0.5, 0.6) is 0 Å². The molecule has 0 unspecified atom stereocenters. The second-order valence-corrected chi connectivity index (χ2v) is 7.55. The third-order valence-corrected chi connectivity index (χ3v) is 4.33. The third kappa shape index (κ3) is 14.0. The molecule has 1 aromatic carbocycles. The first-order chi connectivity index (χ1) is 13.1. The molecule has 0 bridgehead atoms. The van der Waals surface area contributed by atoms with Gasteiger partial charge in [0.2, 0.25) is 0 Å². The van der Waals surface area contributed by atoms with Gasteiger partial charge in [-0.15, -0.1) is 0 Å². The number of ether oxygens (including phenoxy) is 2. The Balaban J connectivity index is 1.84. The van der Waals surface area contributed by atoms with E-state index in [4.69, 9.17) is 9.47 Å². The monoisotopic (exact) mass is 376 g/mol. The molecule has 1 rings (SSSR count). The normalized spacial score (nSPS) is 10.8. The average molecular weight is 377 g/mol. The summed E-state index contributed by atoms with van der Waals surface area (Å²) in [6.45, 7) is 4.98. The molecule has 0 amide bonds. The van der Waals surface area contributed by atoms with E-state index < -0.39 is 0 Å². The van der Waals surface area contributed by atoms with Gasteiger partial charge in [-0.05, 0) is 24.3 Å². The molecule has 152 valence electrons. The summed E-state index contributed by atoms with van der Waals surface area (Å²) < 4.78 is 10.4. The van der Waals surface area contributed by atoms with E-state index in [1.54, 1.807) is 0 Å². The summed E-state index contributed by atoms with van der Waals surface area (Å²) in [7, 11) is 0. The zero-order valence-corrected chi connectivity index (χ0v) is 17.1. The van der Waals surface area contributed by atoms with Crippen molar-refractivity contribution in [3.63, 3.8) is 0 Å². The minimum absolute atomic E-state index is 0.0668. The van der Waals surface area contributed by atoms with Crippen molar-refractivity contribution in [1.29, 1.82) is 0 Å². The van der Waals surface area contributed by atoms with E-state index in [-0.39, 0.29) is 11.9 Å². The van der Waals surface area contributed by atoms with E-state index in [1.807, 2.05) is 44.2 Å². The number of hydrogen-bond acceptors (Lipinski definition) is 4. The molecule has 0 aliphatic rings. The number of rotatable bonds is 15. The van der Waals surface area contributed by atoms with Gasteiger partial charge in [0.05, 0.1) is 6.61 Å². The molecule has 0 atom stereocenters. The Morgan fingerprint density at radius 1 is 0.741 bits per heavy atom. The number of benzene rings is 1. The van der Waals surface area contributed by atoms with E-state index in [2.05, 4.69) is 0 Å². The summed E-state index contributed by atoms with van der Waals surface area (Å²) in [6.07, 6.45) is 9.72. The Labute approximate surface area is 164 Å². The molecule has 0 heterocycles. The van der Waals surface area contributed by atoms with Gasteiger partial charge in [-0.2, -0.15) is 0 Å². The zero-order chi connectivity index (χ0) is 19.7. The predicted molar refractivity (Wildman–Crippen MR) is 108 cm³/mol. The minimum Gasteiger partial charge on any atom is -0.465 e. The number of carbonyl (C=O) groups excluding carboxylic acids is 2. The van der Waals surface area contributed by atoms with E-state index >= 15 is 0 Å². The maximum absolute atomic E-state index is 11.7. The van der Waals surface area contributed by atoms with E-state index in [1.165, 1.54) is 12.8 Å². The lowest BCUT2D eigenvalue weighted by molar-refractivity contribution is -0.145. The fourth-order valence-corrected chi connectivity index (χ4v) is 2.74. The van der Waals surface area contributed by atoms with Gasteiger partial charge in [-0.1, -0.05) is 82.7 Å². The topological polar surface area (TPSA) is 52.6 Å². The van der Waals surface area contributed by atoms with Crippen molar-refractivity contribution in [2.45, 2.75) is 84.7 Å². The van der Waals surface area contributed by atoms with E-state index in [9.17, 15) is 9.59 Å². The summed E-state index contributed by atoms with van der Waals surface area (Å²) in [5.74, 6) is 0.228. The predicted octanol–water partition coefficient (Wildman–Crippen LogP) is 5.83. The standard InChI is InChI=1S/C23H36O4/c1-20(2)18-26-22(24)16-12-7-5-3-4-6-8-13-17-23(25)27-19-21-14-10-9-11-15-21/h9-11,14-15,20H,3-8,12-13,16-19H2,1-2H3. The molecule has 0 saturated heterocycles. The molecule has 0 aliphatic heterocycles.